The normalized spacial score (nSPS) is 9.86. The summed E-state index contributed by atoms with van der Waals surface area (Å²) in [5.41, 5.74) is 3.62. The molecular weight excluding hydrogens is 283 g/mol. The van der Waals surface area contributed by atoms with E-state index in [0.717, 1.165) is 24.2 Å². The number of benzene rings is 1. The van der Waals surface area contributed by atoms with Gasteiger partial charge in [-0.2, -0.15) is 5.10 Å². The highest BCUT2D eigenvalue weighted by Gasteiger charge is 2.07. The van der Waals surface area contributed by atoms with Crippen molar-refractivity contribution in [1.29, 1.82) is 0 Å². The zero-order chi connectivity index (χ0) is 16.5. The number of aromatic amines is 1. The van der Waals surface area contributed by atoms with Gasteiger partial charge in [-0.1, -0.05) is 13.8 Å². The van der Waals surface area contributed by atoms with Crippen LogP contribution < -0.4 is 4.74 Å². The summed E-state index contributed by atoms with van der Waals surface area (Å²) in [5, 5.41) is 7.06. The van der Waals surface area contributed by atoms with E-state index >= 15 is 0 Å². The third kappa shape index (κ3) is 4.69. The highest BCUT2D eigenvalue weighted by Crippen LogP contribution is 2.19. The van der Waals surface area contributed by atoms with E-state index in [1.165, 1.54) is 23.8 Å². The average Bonchev–Trinajstić information content (AvgIpc) is 2.86. The zero-order valence-corrected chi connectivity index (χ0v) is 13.6. The summed E-state index contributed by atoms with van der Waals surface area (Å²) < 4.78 is 18.9. The maximum atomic E-state index is 13.5. The van der Waals surface area contributed by atoms with E-state index in [4.69, 9.17) is 4.74 Å². The molecule has 0 spiro atoms. The van der Waals surface area contributed by atoms with Gasteiger partial charge in [0.05, 0.1) is 12.3 Å². The average molecular weight is 306 g/mol. The van der Waals surface area contributed by atoms with Gasteiger partial charge >= 0.3 is 0 Å². The number of nitrogens with one attached hydrogen (secondary N) is 1. The summed E-state index contributed by atoms with van der Waals surface area (Å²) in [5.74, 6) is -0.332. The van der Waals surface area contributed by atoms with E-state index in [2.05, 4.69) is 10.2 Å². The van der Waals surface area contributed by atoms with Gasteiger partial charge in [0.15, 0.2) is 11.6 Å². The SMILES string of the molecule is CC.Cc1n[nH]c(C)c1CCCOc1cc(C=O)ccc1F. The third-order valence-corrected chi connectivity index (χ3v) is 3.20. The lowest BCUT2D eigenvalue weighted by Gasteiger charge is -2.08. The molecule has 1 N–H and O–H groups in total. The molecule has 0 saturated heterocycles. The highest BCUT2D eigenvalue weighted by molar-refractivity contribution is 5.75. The topological polar surface area (TPSA) is 55.0 Å². The van der Waals surface area contributed by atoms with Gasteiger partial charge < -0.3 is 4.74 Å². The lowest BCUT2D eigenvalue weighted by Crippen LogP contribution is -2.02. The number of carbonyl (C=O) groups excluding carboxylic acids is 1. The van der Waals surface area contributed by atoms with Crippen LogP contribution in [0.2, 0.25) is 0 Å². The lowest BCUT2D eigenvalue weighted by atomic mass is 10.1. The summed E-state index contributed by atoms with van der Waals surface area (Å²) in [7, 11) is 0. The van der Waals surface area contributed by atoms with Crippen LogP contribution in [0.1, 0.15) is 47.6 Å². The number of aryl methyl sites for hydroxylation is 2. The second kappa shape index (κ2) is 8.97. The van der Waals surface area contributed by atoms with Crippen LogP contribution in [0.5, 0.6) is 5.75 Å². The highest BCUT2D eigenvalue weighted by atomic mass is 19.1. The molecule has 1 heterocycles. The molecule has 120 valence electrons. The summed E-state index contributed by atoms with van der Waals surface area (Å²) in [6, 6.07) is 4.08. The van der Waals surface area contributed by atoms with Crippen LogP contribution in [0.4, 0.5) is 4.39 Å². The van der Waals surface area contributed by atoms with Crippen molar-refractivity contribution in [1.82, 2.24) is 10.2 Å². The number of H-pyrrole nitrogens is 1. The van der Waals surface area contributed by atoms with Crippen LogP contribution in [0.15, 0.2) is 18.2 Å². The molecule has 2 aromatic rings. The van der Waals surface area contributed by atoms with E-state index in [1.807, 2.05) is 27.7 Å². The first-order valence-electron chi connectivity index (χ1n) is 7.49. The maximum absolute atomic E-state index is 13.5. The second-order valence-corrected chi connectivity index (χ2v) is 4.67. The summed E-state index contributed by atoms with van der Waals surface area (Å²) >= 11 is 0. The number of aldehydes is 1. The lowest BCUT2D eigenvalue weighted by molar-refractivity contribution is 0.112. The molecule has 22 heavy (non-hydrogen) atoms. The maximum Gasteiger partial charge on any atom is 0.165 e. The van der Waals surface area contributed by atoms with Crippen molar-refractivity contribution in [3.05, 3.63) is 46.5 Å². The predicted molar refractivity (Wildman–Crippen MR) is 85.0 cm³/mol. The largest absolute Gasteiger partial charge is 0.490 e. The molecule has 0 aliphatic heterocycles. The molecular formula is C17H23FN2O2. The van der Waals surface area contributed by atoms with Crippen LogP contribution in [0.25, 0.3) is 0 Å². The molecule has 5 heteroatoms. The molecule has 0 amide bonds. The van der Waals surface area contributed by atoms with Gasteiger partial charge in [-0.25, -0.2) is 4.39 Å². The van der Waals surface area contributed by atoms with Gasteiger partial charge in [-0.05, 0) is 50.5 Å². The number of halogens is 1. The summed E-state index contributed by atoms with van der Waals surface area (Å²) in [6.45, 7) is 8.32. The minimum Gasteiger partial charge on any atom is -0.490 e. The summed E-state index contributed by atoms with van der Waals surface area (Å²) in [4.78, 5) is 10.6. The molecule has 1 aromatic carbocycles. The number of hydrogen-bond donors (Lipinski definition) is 1. The Morgan fingerprint density at radius 3 is 2.64 bits per heavy atom. The Kier molecular flexibility index (Phi) is 7.29. The third-order valence-electron chi connectivity index (χ3n) is 3.20. The first kappa shape index (κ1) is 17.9. The Bertz CT molecular complexity index is 589. The number of nitrogens with zero attached hydrogens (tertiary/aromatic N) is 1. The molecule has 0 atom stereocenters. The predicted octanol–water partition coefficient (Wildman–Crippen LogP) is 4.02. The van der Waals surface area contributed by atoms with Crippen LogP contribution in [-0.2, 0) is 6.42 Å². The van der Waals surface area contributed by atoms with E-state index in [9.17, 15) is 9.18 Å². The second-order valence-electron chi connectivity index (χ2n) is 4.67. The van der Waals surface area contributed by atoms with Gasteiger partial charge in [-0.15, -0.1) is 0 Å². The molecule has 0 aliphatic carbocycles. The monoisotopic (exact) mass is 306 g/mol. The van der Waals surface area contributed by atoms with Gasteiger partial charge in [0.1, 0.15) is 6.29 Å². The fourth-order valence-corrected chi connectivity index (χ4v) is 2.08. The minimum atomic E-state index is -0.453. The molecule has 0 unspecified atom stereocenters. The Morgan fingerprint density at radius 2 is 2.05 bits per heavy atom. The number of carbonyl (C=O) groups is 1. The van der Waals surface area contributed by atoms with Crippen molar-refractivity contribution >= 4 is 6.29 Å². The fraction of sp³-hybridized carbons (Fsp3) is 0.412. The van der Waals surface area contributed by atoms with Crippen molar-refractivity contribution in [2.24, 2.45) is 0 Å². The van der Waals surface area contributed by atoms with E-state index < -0.39 is 5.82 Å². The molecule has 0 bridgehead atoms. The molecule has 1 aromatic heterocycles. The standard InChI is InChI=1S/C15H17FN2O2.C2H6/c1-10-13(11(2)18-17-10)4-3-7-20-15-8-12(9-19)5-6-14(15)16;1-2/h5-6,8-9H,3-4,7H2,1-2H3,(H,17,18);1-2H3. The van der Waals surface area contributed by atoms with Crippen molar-refractivity contribution in [2.45, 2.75) is 40.5 Å². The van der Waals surface area contributed by atoms with Crippen LogP contribution in [0, 0.1) is 19.7 Å². The van der Waals surface area contributed by atoms with Crippen molar-refractivity contribution in [3.8, 4) is 5.75 Å². The minimum absolute atomic E-state index is 0.121. The first-order chi connectivity index (χ1) is 10.6. The van der Waals surface area contributed by atoms with E-state index in [1.54, 1.807) is 0 Å². The fourth-order valence-electron chi connectivity index (χ4n) is 2.08. The number of ether oxygens (including phenoxy) is 1. The molecule has 0 aliphatic rings. The Balaban J connectivity index is 0.00000116. The summed E-state index contributed by atoms with van der Waals surface area (Å²) in [6.07, 6.45) is 2.25. The van der Waals surface area contributed by atoms with Gasteiger partial charge in [0.2, 0.25) is 0 Å². The van der Waals surface area contributed by atoms with Gasteiger partial charge in [0.25, 0.3) is 0 Å². The van der Waals surface area contributed by atoms with Gasteiger partial charge in [0, 0.05) is 11.3 Å². The number of hydrogen-bond acceptors (Lipinski definition) is 3. The van der Waals surface area contributed by atoms with Gasteiger partial charge in [-0.3, -0.25) is 9.89 Å². The first-order valence-corrected chi connectivity index (χ1v) is 7.49. The molecule has 4 nitrogen and oxygen atoms in total. The van der Waals surface area contributed by atoms with E-state index in [0.29, 0.717) is 18.5 Å². The van der Waals surface area contributed by atoms with Crippen molar-refractivity contribution in [2.75, 3.05) is 6.61 Å². The molecule has 0 fully saturated rings. The zero-order valence-electron chi connectivity index (χ0n) is 13.6. The molecule has 2 rings (SSSR count). The molecule has 0 saturated carbocycles. The number of aromatic nitrogens is 2. The van der Waals surface area contributed by atoms with Crippen molar-refractivity contribution in [3.63, 3.8) is 0 Å². The Hall–Kier alpha value is -2.17. The van der Waals surface area contributed by atoms with Crippen LogP contribution in [0.3, 0.4) is 0 Å². The Labute approximate surface area is 130 Å². The van der Waals surface area contributed by atoms with Crippen LogP contribution in [-0.4, -0.2) is 23.1 Å². The van der Waals surface area contributed by atoms with Crippen molar-refractivity contribution < 1.29 is 13.9 Å². The van der Waals surface area contributed by atoms with E-state index in [-0.39, 0.29) is 5.75 Å². The molecule has 0 radical (unpaired) electrons. The quantitative estimate of drug-likeness (QED) is 0.648. The number of rotatable bonds is 6. The van der Waals surface area contributed by atoms with Crippen LogP contribution >= 0.6 is 0 Å². The smallest absolute Gasteiger partial charge is 0.165 e. The Morgan fingerprint density at radius 1 is 1.32 bits per heavy atom.